The first-order valence-corrected chi connectivity index (χ1v) is 21.2. The van der Waals surface area contributed by atoms with Gasteiger partial charge in [0, 0.05) is 95.2 Å². The van der Waals surface area contributed by atoms with Crippen molar-refractivity contribution in [2.75, 3.05) is 42.1 Å². The summed E-state index contributed by atoms with van der Waals surface area (Å²) in [6.07, 6.45) is 13.4. The molecule has 314 valence electrons. The van der Waals surface area contributed by atoms with Gasteiger partial charge in [-0.3, -0.25) is 4.79 Å². The van der Waals surface area contributed by atoms with Gasteiger partial charge in [0.05, 0.1) is 11.8 Å². The second-order valence-corrected chi connectivity index (χ2v) is 17.1. The van der Waals surface area contributed by atoms with Crippen LogP contribution in [0.5, 0.6) is 0 Å². The van der Waals surface area contributed by atoms with Gasteiger partial charge in [-0.15, -0.1) is 29.4 Å². The molecule has 10 heteroatoms. The van der Waals surface area contributed by atoms with Crippen molar-refractivity contribution in [2.45, 2.75) is 104 Å². The molecule has 2 saturated heterocycles. The van der Waals surface area contributed by atoms with Crippen LogP contribution in [0.15, 0.2) is 91.6 Å². The van der Waals surface area contributed by atoms with Crippen LogP contribution in [0.4, 0.5) is 17.2 Å². The first kappa shape index (κ1) is 49.8. The van der Waals surface area contributed by atoms with Gasteiger partial charge in [-0.2, -0.15) is 42.3 Å². The summed E-state index contributed by atoms with van der Waals surface area (Å²) in [6, 6.07) is 28.3. The van der Waals surface area contributed by atoms with Crippen molar-refractivity contribution >= 4 is 29.5 Å². The zero-order valence-electron chi connectivity index (χ0n) is 36.6. The Morgan fingerprint density at radius 3 is 1.97 bits per heavy atom. The second kappa shape index (κ2) is 23.6. The zero-order valence-corrected chi connectivity index (χ0v) is 42.3. The number of aromatic nitrogens is 1. The molecule has 3 aliphatic heterocycles. The average Bonchev–Trinajstić information content (AvgIpc) is 3.74. The molecule has 1 aliphatic carbocycles. The number of hydrogen-bond acceptors (Lipinski definition) is 6. The summed E-state index contributed by atoms with van der Waals surface area (Å²) in [5.74, 6) is 4.61. The predicted molar refractivity (Wildman–Crippen MR) is 238 cm³/mol. The van der Waals surface area contributed by atoms with Gasteiger partial charge in [0.1, 0.15) is 0 Å². The molecule has 2 fully saturated rings. The SMILES string of the molecule is C=[C-]Nc1ncccc1[C-]1CCN(C(C)C)CC1.CC(C)Cc1ccc2c(c1)CC1(C2)C(=O)Nc2ccccc21.CC(C)N1CC[C-](c2ccccc2N[C-]=O)CC1.[Y].[Y]. The number of carbonyl (C=O) groups is 1. The largest absolute Gasteiger partial charge is 0.491 e. The Bertz CT molecular complexity index is 1930. The first-order chi connectivity index (χ1) is 28.0. The number of para-hydroxylation sites is 2. The number of nitrogens with zero attached hydrogens (tertiary/aromatic N) is 3. The van der Waals surface area contributed by atoms with Crippen LogP contribution >= 0.6 is 0 Å². The Balaban J connectivity index is 0.000000197. The van der Waals surface area contributed by atoms with Gasteiger partial charge in [0.2, 0.25) is 5.91 Å². The third-order valence-corrected chi connectivity index (χ3v) is 12.2. The molecule has 1 atom stereocenters. The maximum atomic E-state index is 12.7. The molecule has 1 unspecified atom stereocenters. The molecule has 3 aromatic carbocycles. The molecule has 4 heterocycles. The fourth-order valence-corrected chi connectivity index (χ4v) is 9.04. The van der Waals surface area contributed by atoms with Crippen molar-refractivity contribution in [1.82, 2.24) is 14.8 Å². The van der Waals surface area contributed by atoms with E-state index in [2.05, 4.69) is 121 Å². The summed E-state index contributed by atoms with van der Waals surface area (Å²) < 4.78 is 0. The van der Waals surface area contributed by atoms with E-state index >= 15 is 0 Å². The molecule has 0 bridgehead atoms. The van der Waals surface area contributed by atoms with E-state index in [1.54, 1.807) is 12.6 Å². The number of likely N-dealkylation sites (tertiary alicyclic amines) is 2. The topological polar surface area (TPSA) is 89.6 Å². The van der Waals surface area contributed by atoms with Crippen molar-refractivity contribution in [2.24, 2.45) is 5.92 Å². The Labute approximate surface area is 410 Å². The summed E-state index contributed by atoms with van der Waals surface area (Å²) in [6.45, 7) is 21.6. The Kier molecular flexibility index (Phi) is 19.6. The van der Waals surface area contributed by atoms with E-state index in [0.29, 0.717) is 18.0 Å². The van der Waals surface area contributed by atoms with E-state index < -0.39 is 0 Å². The van der Waals surface area contributed by atoms with Crippen molar-refractivity contribution in [3.05, 3.63) is 143 Å². The fraction of sp³-hybridized carbons (Fsp3) is 0.420. The standard InChI is InChI=1S/C20H21NO.C15H21N3.C15H20N2O.2Y/c1-13(2)9-14-7-8-15-11-20(12-16(15)10-14)17-5-3-4-6-18(17)21-19(20)22;1-4-16-15-14(6-5-9-17-15)13-7-10-18(11-8-13)12(2)3;1-12(2)17-9-7-13(8-10-17)14-5-3-4-6-15(14)16-11-18;;/h3-8,10,13H,9,11-12H2,1-2H3,(H,21,22);5-6,9,12H,1,7-8,10-11H2,2-3H3,(H,16,17);3-6,12H,7-10H2,1-2H3,(H,16,18);;/q;2*-2;;. The summed E-state index contributed by atoms with van der Waals surface area (Å²) in [7, 11) is 0. The Morgan fingerprint density at radius 1 is 0.767 bits per heavy atom. The summed E-state index contributed by atoms with van der Waals surface area (Å²) >= 11 is 0. The molecule has 2 radical (unpaired) electrons. The number of rotatable bonds is 10. The van der Waals surface area contributed by atoms with Crippen molar-refractivity contribution < 1.29 is 75.0 Å². The van der Waals surface area contributed by atoms with E-state index in [-0.39, 0.29) is 76.7 Å². The van der Waals surface area contributed by atoms with Crippen molar-refractivity contribution in [3.8, 4) is 0 Å². The third-order valence-electron chi connectivity index (χ3n) is 12.2. The predicted octanol–water partition coefficient (Wildman–Crippen LogP) is 9.33. The zero-order chi connectivity index (χ0) is 41.2. The molecular formula is C50H62N6O2Y2-4. The van der Waals surface area contributed by atoms with Crippen molar-refractivity contribution in [3.63, 3.8) is 0 Å². The minimum atomic E-state index is -0.380. The van der Waals surface area contributed by atoms with Crippen LogP contribution in [0.3, 0.4) is 0 Å². The van der Waals surface area contributed by atoms with Gasteiger partial charge in [0.15, 0.2) is 0 Å². The third kappa shape index (κ3) is 12.2. The number of pyridine rings is 1. The maximum absolute atomic E-state index is 12.7. The average molecular weight is 957 g/mol. The number of amides is 2. The summed E-state index contributed by atoms with van der Waals surface area (Å²) in [5.41, 5.74) is 9.11. The molecule has 2 amide bonds. The molecule has 4 aliphatic rings. The number of hydrogen-bond donors (Lipinski definition) is 3. The maximum Gasteiger partial charge on any atom is 0.235 e. The van der Waals surface area contributed by atoms with E-state index in [1.807, 2.05) is 42.5 Å². The number of carbonyl (C=O) groups excluding carboxylic acids is 2. The van der Waals surface area contributed by atoms with E-state index in [0.717, 1.165) is 88.3 Å². The van der Waals surface area contributed by atoms with E-state index in [1.165, 1.54) is 45.2 Å². The monoisotopic (exact) mass is 956 g/mol. The second-order valence-electron chi connectivity index (χ2n) is 17.1. The molecule has 1 spiro atoms. The molecule has 8 nitrogen and oxygen atoms in total. The minimum absolute atomic E-state index is 0. The van der Waals surface area contributed by atoms with Gasteiger partial charge in [0.25, 0.3) is 0 Å². The van der Waals surface area contributed by atoms with Gasteiger partial charge >= 0.3 is 0 Å². The molecular weight excluding hydrogens is 894 g/mol. The van der Waals surface area contributed by atoms with Crippen LogP contribution in [0, 0.1) is 24.0 Å². The van der Waals surface area contributed by atoms with E-state index in [4.69, 9.17) is 0 Å². The fourth-order valence-electron chi connectivity index (χ4n) is 9.04. The number of piperidine rings is 2. The molecule has 1 aromatic heterocycles. The number of anilines is 3. The summed E-state index contributed by atoms with van der Waals surface area (Å²) in [5, 5.41) is 8.74. The van der Waals surface area contributed by atoms with Crippen molar-refractivity contribution in [1.29, 1.82) is 0 Å². The van der Waals surface area contributed by atoms with Crippen LogP contribution in [0.2, 0.25) is 0 Å². The van der Waals surface area contributed by atoms with Gasteiger partial charge < -0.3 is 35.5 Å². The van der Waals surface area contributed by atoms with Crippen LogP contribution < -0.4 is 16.0 Å². The molecule has 3 N–H and O–H groups in total. The van der Waals surface area contributed by atoms with Gasteiger partial charge in [-0.1, -0.05) is 82.0 Å². The number of benzene rings is 3. The van der Waals surface area contributed by atoms with Crippen LogP contribution in [-0.2, 0) is 99.7 Å². The number of fused-ring (bicyclic) bond motifs is 3. The first-order valence-electron chi connectivity index (χ1n) is 21.2. The summed E-state index contributed by atoms with van der Waals surface area (Å²) in [4.78, 5) is 32.5. The normalized spacial score (nSPS) is 18.2. The molecule has 0 saturated carbocycles. The van der Waals surface area contributed by atoms with Gasteiger partial charge in [-0.05, 0) is 107 Å². The molecule has 4 aromatic rings. The quantitative estimate of drug-likeness (QED) is 0.109. The van der Waals surface area contributed by atoms with Crippen LogP contribution in [-0.4, -0.2) is 65.4 Å². The Morgan fingerprint density at radius 2 is 1.35 bits per heavy atom. The Hall–Kier alpha value is -2.84. The smallest absolute Gasteiger partial charge is 0.235 e. The molecule has 8 rings (SSSR count). The van der Waals surface area contributed by atoms with E-state index in [9.17, 15) is 9.59 Å². The minimum Gasteiger partial charge on any atom is -0.491 e. The number of nitrogens with one attached hydrogen (secondary N) is 3. The van der Waals surface area contributed by atoms with Crippen LogP contribution in [0.25, 0.3) is 0 Å². The molecule has 60 heavy (non-hydrogen) atoms. The van der Waals surface area contributed by atoms with Crippen LogP contribution in [0.1, 0.15) is 101 Å². The van der Waals surface area contributed by atoms with Gasteiger partial charge in [-0.25, -0.2) is 0 Å².